The highest BCUT2D eigenvalue weighted by Gasteiger charge is 2.21. The summed E-state index contributed by atoms with van der Waals surface area (Å²) in [5, 5.41) is 4.48. The van der Waals surface area contributed by atoms with E-state index in [0.717, 1.165) is 29.4 Å². The highest BCUT2D eigenvalue weighted by Crippen LogP contribution is 2.30. The Morgan fingerprint density at radius 2 is 1.80 bits per heavy atom. The average Bonchev–Trinajstić information content (AvgIpc) is 3.05. The quantitative estimate of drug-likeness (QED) is 0.718. The zero-order chi connectivity index (χ0) is 18.0. The summed E-state index contributed by atoms with van der Waals surface area (Å²) < 4.78 is 27.4. The largest absolute Gasteiger partial charge is 0.310 e. The molecule has 0 saturated carbocycles. The molecule has 1 atom stereocenters. The summed E-state index contributed by atoms with van der Waals surface area (Å²) in [6, 6.07) is 14.5. The fourth-order valence-corrected chi connectivity index (χ4v) is 4.64. The molecule has 2 aromatic carbocycles. The van der Waals surface area contributed by atoms with Crippen LogP contribution in [-0.4, -0.2) is 18.9 Å². The van der Waals surface area contributed by atoms with E-state index in [4.69, 9.17) is 0 Å². The minimum atomic E-state index is -3.60. The lowest BCUT2D eigenvalue weighted by Crippen LogP contribution is -2.20. The molecule has 0 saturated heterocycles. The molecule has 4 nitrogen and oxygen atoms in total. The van der Waals surface area contributed by atoms with Gasteiger partial charge in [0.2, 0.25) is 0 Å². The van der Waals surface area contributed by atoms with Crippen LogP contribution in [0.25, 0.3) is 10.9 Å². The topological polar surface area (TPSA) is 51.1 Å². The van der Waals surface area contributed by atoms with Crippen molar-refractivity contribution in [3.05, 3.63) is 65.9 Å². The van der Waals surface area contributed by atoms with E-state index in [0.29, 0.717) is 4.90 Å². The number of benzene rings is 2. The Bertz CT molecular complexity index is 976. The molecule has 0 radical (unpaired) electrons. The van der Waals surface area contributed by atoms with Gasteiger partial charge in [-0.05, 0) is 62.2 Å². The summed E-state index contributed by atoms with van der Waals surface area (Å²) in [7, 11) is -3.60. The van der Waals surface area contributed by atoms with Crippen molar-refractivity contribution in [3.63, 3.8) is 0 Å². The summed E-state index contributed by atoms with van der Waals surface area (Å²) in [5.41, 5.74) is 3.04. The van der Waals surface area contributed by atoms with E-state index in [9.17, 15) is 8.42 Å². The van der Waals surface area contributed by atoms with E-state index in [1.165, 1.54) is 9.54 Å². The van der Waals surface area contributed by atoms with E-state index in [2.05, 4.69) is 26.1 Å². The van der Waals surface area contributed by atoms with E-state index in [1.807, 2.05) is 24.3 Å². The molecule has 0 spiro atoms. The molecule has 5 heteroatoms. The lowest BCUT2D eigenvalue weighted by molar-refractivity contribution is 0.571. The molecule has 1 unspecified atom stereocenters. The second-order valence-corrected chi connectivity index (χ2v) is 8.15. The van der Waals surface area contributed by atoms with Crippen molar-refractivity contribution in [3.8, 4) is 0 Å². The molecule has 132 valence electrons. The number of aryl methyl sites for hydroxylation is 1. The maximum Gasteiger partial charge on any atom is 0.268 e. The Morgan fingerprint density at radius 3 is 2.48 bits per heavy atom. The Labute approximate surface area is 149 Å². The van der Waals surface area contributed by atoms with Crippen LogP contribution in [0.1, 0.15) is 37.4 Å². The minimum absolute atomic E-state index is 0.166. The van der Waals surface area contributed by atoms with Crippen molar-refractivity contribution in [2.75, 3.05) is 6.54 Å². The van der Waals surface area contributed by atoms with Gasteiger partial charge in [-0.25, -0.2) is 12.4 Å². The van der Waals surface area contributed by atoms with Crippen molar-refractivity contribution in [2.45, 2.75) is 38.1 Å². The van der Waals surface area contributed by atoms with Gasteiger partial charge in [-0.15, -0.1) is 0 Å². The third kappa shape index (κ3) is 3.22. The van der Waals surface area contributed by atoms with Crippen LogP contribution in [0.5, 0.6) is 0 Å². The molecule has 1 N–H and O–H groups in total. The number of nitrogens with one attached hydrogen (secondary N) is 1. The molecule has 0 fully saturated rings. The van der Waals surface area contributed by atoms with Crippen molar-refractivity contribution < 1.29 is 8.42 Å². The molecule has 0 bridgehead atoms. The van der Waals surface area contributed by atoms with Crippen LogP contribution in [0.3, 0.4) is 0 Å². The second-order valence-electron chi connectivity index (χ2n) is 6.33. The van der Waals surface area contributed by atoms with E-state index >= 15 is 0 Å². The van der Waals surface area contributed by atoms with Crippen molar-refractivity contribution in [1.29, 1.82) is 0 Å². The molecule has 25 heavy (non-hydrogen) atoms. The van der Waals surface area contributed by atoms with Gasteiger partial charge in [-0.1, -0.05) is 31.2 Å². The Balaban J connectivity index is 2.15. The first-order valence-electron chi connectivity index (χ1n) is 8.61. The molecule has 0 aliphatic rings. The van der Waals surface area contributed by atoms with Crippen LogP contribution < -0.4 is 5.32 Å². The van der Waals surface area contributed by atoms with E-state index in [1.54, 1.807) is 30.5 Å². The standard InChI is InChI=1S/C20H24N2O2S/c1-4-13-21-16(3)20-15(2)10-11-19-18(20)12-14-22(19)25(23,24)17-8-6-5-7-9-17/h5-12,14,16,21H,4,13H2,1-3H3. The molecule has 0 aliphatic carbocycles. The fourth-order valence-electron chi connectivity index (χ4n) is 3.28. The molecular formula is C20H24N2O2S. The third-order valence-corrected chi connectivity index (χ3v) is 6.23. The molecule has 0 aliphatic heterocycles. The van der Waals surface area contributed by atoms with Gasteiger partial charge in [-0.2, -0.15) is 0 Å². The number of hydrogen-bond donors (Lipinski definition) is 1. The molecule has 3 aromatic rings. The van der Waals surface area contributed by atoms with Crippen LogP contribution in [0.4, 0.5) is 0 Å². The van der Waals surface area contributed by atoms with Gasteiger partial charge in [0.15, 0.2) is 0 Å². The Kier molecular flexibility index (Phi) is 4.97. The summed E-state index contributed by atoms with van der Waals surface area (Å²) in [6.07, 6.45) is 2.71. The van der Waals surface area contributed by atoms with Crippen molar-refractivity contribution in [1.82, 2.24) is 9.29 Å². The van der Waals surface area contributed by atoms with E-state index in [-0.39, 0.29) is 6.04 Å². The fraction of sp³-hybridized carbons (Fsp3) is 0.300. The molecule has 1 heterocycles. The van der Waals surface area contributed by atoms with Crippen molar-refractivity contribution in [2.24, 2.45) is 0 Å². The molecule has 3 rings (SSSR count). The number of rotatable bonds is 6. The summed E-state index contributed by atoms with van der Waals surface area (Å²) >= 11 is 0. The normalized spacial score (nSPS) is 13.2. The lowest BCUT2D eigenvalue weighted by atomic mass is 9.98. The average molecular weight is 356 g/mol. The van der Waals surface area contributed by atoms with Gasteiger partial charge in [0.1, 0.15) is 0 Å². The number of nitrogens with zero attached hydrogens (tertiary/aromatic N) is 1. The highest BCUT2D eigenvalue weighted by atomic mass is 32.2. The molecular weight excluding hydrogens is 332 g/mol. The Morgan fingerprint density at radius 1 is 1.08 bits per heavy atom. The zero-order valence-electron chi connectivity index (χ0n) is 14.9. The van der Waals surface area contributed by atoms with Gasteiger partial charge < -0.3 is 5.32 Å². The number of fused-ring (bicyclic) bond motifs is 1. The summed E-state index contributed by atoms with van der Waals surface area (Å²) in [5.74, 6) is 0. The maximum absolute atomic E-state index is 13.0. The van der Waals surface area contributed by atoms with Crippen LogP contribution >= 0.6 is 0 Å². The summed E-state index contributed by atoms with van der Waals surface area (Å²) in [6.45, 7) is 7.26. The van der Waals surface area contributed by atoms with E-state index < -0.39 is 10.0 Å². The van der Waals surface area contributed by atoms with Gasteiger partial charge in [-0.3, -0.25) is 0 Å². The third-order valence-electron chi connectivity index (χ3n) is 4.53. The first kappa shape index (κ1) is 17.7. The number of aromatic nitrogens is 1. The van der Waals surface area contributed by atoms with Crippen LogP contribution in [0.15, 0.2) is 59.6 Å². The van der Waals surface area contributed by atoms with Crippen LogP contribution in [0.2, 0.25) is 0 Å². The first-order valence-corrected chi connectivity index (χ1v) is 10.1. The van der Waals surface area contributed by atoms with Crippen molar-refractivity contribution >= 4 is 20.9 Å². The van der Waals surface area contributed by atoms with Crippen LogP contribution in [-0.2, 0) is 10.0 Å². The SMILES string of the molecule is CCCNC(C)c1c(C)ccc2c1ccn2S(=O)(=O)c1ccccc1. The van der Waals surface area contributed by atoms with Gasteiger partial charge >= 0.3 is 0 Å². The zero-order valence-corrected chi connectivity index (χ0v) is 15.7. The smallest absolute Gasteiger partial charge is 0.268 e. The second kappa shape index (κ2) is 7.02. The van der Waals surface area contributed by atoms with Gasteiger partial charge in [0.05, 0.1) is 10.4 Å². The maximum atomic E-state index is 13.0. The Hall–Kier alpha value is -2.11. The predicted molar refractivity (Wildman–Crippen MR) is 102 cm³/mol. The van der Waals surface area contributed by atoms with Gasteiger partial charge in [0, 0.05) is 17.6 Å². The van der Waals surface area contributed by atoms with Crippen LogP contribution in [0, 0.1) is 6.92 Å². The highest BCUT2D eigenvalue weighted by molar-refractivity contribution is 7.90. The lowest BCUT2D eigenvalue weighted by Gasteiger charge is -2.18. The molecule has 0 amide bonds. The molecule has 1 aromatic heterocycles. The predicted octanol–water partition coefficient (Wildman–Crippen LogP) is 4.25. The minimum Gasteiger partial charge on any atom is -0.310 e. The number of hydrogen-bond acceptors (Lipinski definition) is 3. The first-order chi connectivity index (χ1) is 12.0. The summed E-state index contributed by atoms with van der Waals surface area (Å²) in [4.78, 5) is 0.298. The van der Waals surface area contributed by atoms with Gasteiger partial charge in [0.25, 0.3) is 10.0 Å². The monoisotopic (exact) mass is 356 g/mol.